The molecule has 11 nitrogen and oxygen atoms in total. The van der Waals surface area contributed by atoms with Crippen LogP contribution in [0.25, 0.3) is 16.7 Å². The third kappa shape index (κ3) is 6.39. The molecule has 4 aromatic rings. The predicted octanol–water partition coefficient (Wildman–Crippen LogP) is 4.28. The molecule has 5 rings (SSSR count). The summed E-state index contributed by atoms with van der Waals surface area (Å²) in [6.07, 6.45) is 1.83. The maximum absolute atomic E-state index is 13.5. The van der Waals surface area contributed by atoms with Gasteiger partial charge in [0.25, 0.3) is 10.0 Å². The molecule has 0 aliphatic carbocycles. The Morgan fingerprint density at radius 2 is 1.71 bits per heavy atom. The van der Waals surface area contributed by atoms with Gasteiger partial charge in [-0.1, -0.05) is 37.0 Å². The molecule has 0 atom stereocenters. The number of halogens is 2. The van der Waals surface area contributed by atoms with E-state index in [1.54, 1.807) is 28.8 Å². The number of anilines is 2. The van der Waals surface area contributed by atoms with E-state index in [4.69, 9.17) is 23.2 Å². The van der Waals surface area contributed by atoms with Crippen molar-refractivity contribution in [1.29, 1.82) is 0 Å². The van der Waals surface area contributed by atoms with Gasteiger partial charge in [0.15, 0.2) is 11.6 Å². The van der Waals surface area contributed by atoms with Crippen molar-refractivity contribution in [1.82, 2.24) is 20.1 Å². The third-order valence-electron chi connectivity index (χ3n) is 6.22. The Morgan fingerprint density at radius 3 is 2.32 bits per heavy atom. The van der Waals surface area contributed by atoms with E-state index >= 15 is 0 Å². The third-order valence-corrected chi connectivity index (χ3v) is 8.41. The quantitative estimate of drug-likeness (QED) is 0.313. The lowest BCUT2D eigenvalue weighted by Crippen LogP contribution is -2.48. The Hall–Kier alpha value is -3.87. The fraction of sp³-hybridized carbons (Fsp3) is 0.259. The van der Waals surface area contributed by atoms with Gasteiger partial charge in [0.2, 0.25) is 5.91 Å². The fourth-order valence-corrected chi connectivity index (χ4v) is 6.55. The summed E-state index contributed by atoms with van der Waals surface area (Å²) in [6, 6.07) is 12.2. The molecule has 41 heavy (non-hydrogen) atoms. The number of carbonyl (C=O) groups is 2. The van der Waals surface area contributed by atoms with Crippen LogP contribution < -0.4 is 14.5 Å². The standard InChI is InChI=1S/C25H22Cl2N6O5S.C2H6/c1-15-12-32(23-5-4-22(29-30-23)31-7-6-28-24(34)13-31)21-3-2-18(11-20(15)21)33(14-25(35)36)39(37,38)19-9-16(26)8-17(27)10-19;1-2/h2-5,8-12H,6-7,13-14H2,1H3,(H,28,34)(H,35,36);1-2H3. The van der Waals surface area contributed by atoms with E-state index in [9.17, 15) is 23.1 Å². The molecule has 1 saturated heterocycles. The highest BCUT2D eigenvalue weighted by Gasteiger charge is 2.28. The number of sulfonamides is 1. The van der Waals surface area contributed by atoms with Crippen LogP contribution in [0.4, 0.5) is 11.5 Å². The molecule has 1 aliphatic heterocycles. The monoisotopic (exact) mass is 618 g/mol. The number of nitrogens with zero attached hydrogens (tertiary/aromatic N) is 5. The molecule has 0 unspecified atom stereocenters. The molecule has 14 heteroatoms. The van der Waals surface area contributed by atoms with Crippen LogP contribution >= 0.6 is 23.2 Å². The first-order valence-corrected chi connectivity index (χ1v) is 14.9. The molecule has 0 spiro atoms. The summed E-state index contributed by atoms with van der Waals surface area (Å²) in [6.45, 7) is 6.42. The zero-order valence-corrected chi connectivity index (χ0v) is 24.8. The summed E-state index contributed by atoms with van der Waals surface area (Å²) < 4.78 is 29.6. The van der Waals surface area contributed by atoms with Gasteiger partial charge < -0.3 is 15.3 Å². The number of fused-ring (bicyclic) bond motifs is 1. The number of hydrogen-bond acceptors (Lipinski definition) is 7. The zero-order chi connectivity index (χ0) is 29.9. The highest BCUT2D eigenvalue weighted by Crippen LogP contribution is 2.32. The summed E-state index contributed by atoms with van der Waals surface area (Å²) in [5.74, 6) is -0.302. The Bertz CT molecular complexity index is 1690. The normalized spacial score (nSPS) is 13.4. The van der Waals surface area contributed by atoms with Crippen LogP contribution in [0, 0.1) is 6.92 Å². The van der Waals surface area contributed by atoms with Crippen LogP contribution in [0.15, 0.2) is 59.6 Å². The molecule has 0 radical (unpaired) electrons. The van der Waals surface area contributed by atoms with E-state index in [2.05, 4.69) is 15.5 Å². The first kappa shape index (κ1) is 30.1. The van der Waals surface area contributed by atoms with Crippen LogP contribution in [-0.4, -0.2) is 66.3 Å². The van der Waals surface area contributed by atoms with Gasteiger partial charge in [-0.3, -0.25) is 18.5 Å². The zero-order valence-electron chi connectivity index (χ0n) is 22.5. The molecule has 2 aromatic carbocycles. The lowest BCUT2D eigenvalue weighted by molar-refractivity contribution is -0.135. The van der Waals surface area contributed by atoms with Crippen molar-refractivity contribution in [3.63, 3.8) is 0 Å². The van der Waals surface area contributed by atoms with E-state index in [1.165, 1.54) is 24.3 Å². The summed E-state index contributed by atoms with van der Waals surface area (Å²) in [5, 5.41) is 21.8. The maximum Gasteiger partial charge on any atom is 0.324 e. The lowest BCUT2D eigenvalue weighted by atomic mass is 10.2. The smallest absolute Gasteiger partial charge is 0.324 e. The number of nitrogens with one attached hydrogen (secondary N) is 1. The van der Waals surface area contributed by atoms with Gasteiger partial charge in [-0.25, -0.2) is 8.42 Å². The number of rotatable bonds is 7. The molecule has 0 saturated carbocycles. The molecule has 2 N–H and O–H groups in total. The number of benzene rings is 2. The van der Waals surface area contributed by atoms with E-state index < -0.39 is 22.5 Å². The van der Waals surface area contributed by atoms with Gasteiger partial charge in [0.1, 0.15) is 6.54 Å². The number of aryl methyl sites for hydroxylation is 1. The van der Waals surface area contributed by atoms with Crippen molar-refractivity contribution in [2.24, 2.45) is 0 Å². The maximum atomic E-state index is 13.5. The van der Waals surface area contributed by atoms with Crippen molar-refractivity contribution < 1.29 is 23.1 Å². The summed E-state index contributed by atoms with van der Waals surface area (Å²) in [5.41, 5.74) is 1.68. The largest absolute Gasteiger partial charge is 0.480 e. The van der Waals surface area contributed by atoms with Crippen LogP contribution in [0.5, 0.6) is 0 Å². The van der Waals surface area contributed by atoms with Gasteiger partial charge in [0, 0.05) is 34.7 Å². The molecule has 0 bridgehead atoms. The predicted molar refractivity (Wildman–Crippen MR) is 159 cm³/mol. The van der Waals surface area contributed by atoms with Crippen LogP contribution in [0.1, 0.15) is 19.4 Å². The van der Waals surface area contributed by atoms with Crippen LogP contribution in [0.3, 0.4) is 0 Å². The number of aromatic nitrogens is 3. The van der Waals surface area contributed by atoms with Gasteiger partial charge >= 0.3 is 5.97 Å². The number of carboxylic acids is 1. The minimum absolute atomic E-state index is 0.0765. The first-order chi connectivity index (χ1) is 19.5. The fourth-order valence-electron chi connectivity index (χ4n) is 4.42. The molecule has 3 heterocycles. The average molecular weight is 620 g/mol. The Morgan fingerprint density at radius 1 is 1.05 bits per heavy atom. The van der Waals surface area contributed by atoms with Crippen molar-refractivity contribution in [2.45, 2.75) is 25.7 Å². The second-order valence-corrected chi connectivity index (χ2v) is 11.7. The molecule has 1 aliphatic rings. The van der Waals surface area contributed by atoms with E-state index in [0.717, 1.165) is 9.87 Å². The second kappa shape index (κ2) is 12.3. The topological polar surface area (TPSA) is 138 Å². The highest BCUT2D eigenvalue weighted by atomic mass is 35.5. The van der Waals surface area contributed by atoms with Crippen molar-refractivity contribution in [2.75, 3.05) is 35.4 Å². The number of aliphatic carboxylic acids is 1. The Labute approximate surface area is 247 Å². The number of piperazine rings is 1. The molecular weight excluding hydrogens is 591 g/mol. The highest BCUT2D eigenvalue weighted by molar-refractivity contribution is 7.92. The lowest BCUT2D eigenvalue weighted by Gasteiger charge is -2.27. The first-order valence-electron chi connectivity index (χ1n) is 12.7. The molecular formula is C27H28Cl2N6O5S. The van der Waals surface area contributed by atoms with E-state index in [1.807, 2.05) is 31.9 Å². The molecule has 2 aromatic heterocycles. The minimum Gasteiger partial charge on any atom is -0.480 e. The molecule has 216 valence electrons. The van der Waals surface area contributed by atoms with Gasteiger partial charge in [0.05, 0.1) is 22.6 Å². The summed E-state index contributed by atoms with van der Waals surface area (Å²) in [7, 11) is -4.32. The van der Waals surface area contributed by atoms with Gasteiger partial charge in [-0.2, -0.15) is 0 Å². The van der Waals surface area contributed by atoms with Gasteiger partial charge in [-0.15, -0.1) is 10.2 Å². The number of hydrogen-bond donors (Lipinski definition) is 2. The molecule has 1 amide bonds. The minimum atomic E-state index is -4.32. The van der Waals surface area contributed by atoms with Crippen molar-refractivity contribution in [3.8, 4) is 5.82 Å². The number of amides is 1. The number of carboxylic acid groups (broad SMARTS) is 1. The summed E-state index contributed by atoms with van der Waals surface area (Å²) >= 11 is 12.0. The molecule has 1 fully saturated rings. The second-order valence-electron chi connectivity index (χ2n) is 8.92. The summed E-state index contributed by atoms with van der Waals surface area (Å²) in [4.78, 5) is 25.0. The van der Waals surface area contributed by atoms with Crippen LogP contribution in [-0.2, 0) is 19.6 Å². The van der Waals surface area contributed by atoms with Gasteiger partial charge in [-0.05, 0) is 61.0 Å². The average Bonchev–Trinajstić information content (AvgIpc) is 3.28. The van der Waals surface area contributed by atoms with Crippen molar-refractivity contribution >= 4 is 67.5 Å². The number of carbonyl (C=O) groups excluding carboxylic acids is 1. The Kier molecular flexibility index (Phi) is 9.05. The van der Waals surface area contributed by atoms with E-state index in [0.29, 0.717) is 35.6 Å². The van der Waals surface area contributed by atoms with E-state index in [-0.39, 0.29) is 33.1 Å². The van der Waals surface area contributed by atoms with Crippen LogP contribution in [0.2, 0.25) is 10.0 Å². The van der Waals surface area contributed by atoms with Crippen molar-refractivity contribution in [3.05, 3.63) is 70.3 Å². The SMILES string of the molecule is CC.Cc1cn(-c2ccc(N3CCNC(=O)C3)nn2)c2ccc(N(CC(=O)O)S(=O)(=O)c3cc(Cl)cc(Cl)c3)cc12. The Balaban J connectivity index is 0.00000189.